The van der Waals surface area contributed by atoms with Crippen LogP contribution < -0.4 is 44.2 Å². The van der Waals surface area contributed by atoms with Gasteiger partial charge in [-0.3, -0.25) is 18.0 Å². The van der Waals surface area contributed by atoms with Crippen LogP contribution >= 0.6 is 15.6 Å². The van der Waals surface area contributed by atoms with Gasteiger partial charge in [-0.05, 0) is 0 Å². The molecule has 0 heterocycles. The quantitative estimate of drug-likeness (QED) is 0.245. The first-order valence-corrected chi connectivity index (χ1v) is 6.53. The zero-order valence-electron chi connectivity index (χ0n) is 7.62. The van der Waals surface area contributed by atoms with Crippen molar-refractivity contribution in [1.82, 2.24) is 0 Å². The third-order valence-corrected chi connectivity index (χ3v) is 1.83. The minimum absolute atomic E-state index is 0. The normalized spacial score (nSPS) is 14.4. The van der Waals surface area contributed by atoms with E-state index in [1.807, 2.05) is 0 Å². The maximum absolute atomic E-state index is 9.44. The Morgan fingerprint density at radius 1 is 1.06 bits per heavy atom. The Balaban J connectivity index is -0.0000000904. The van der Waals surface area contributed by atoms with E-state index in [1.54, 1.807) is 0 Å². The number of phosphoric acid groups is 2. The van der Waals surface area contributed by atoms with Crippen molar-refractivity contribution >= 4 is 63.8 Å². The topological polar surface area (TPSA) is 207 Å². The minimum atomic E-state index is -5.61. The monoisotopic (exact) mass is 336 g/mol. The van der Waals surface area contributed by atoms with Gasteiger partial charge in [0.15, 0.2) is 0 Å². The molecule has 16 heteroatoms. The minimum Gasteiger partial charge on any atom is -0.790 e. The van der Waals surface area contributed by atoms with E-state index in [2.05, 4.69) is 4.31 Å². The Morgan fingerprint density at radius 3 is 1.25 bits per heavy atom. The SMILES string of the molecule is O=P([O-])([O-])OP(=O)([O-])O.O=S(=O)(O)O.[Ca+2].[Na+]. The van der Waals surface area contributed by atoms with Crippen LogP contribution in [0.5, 0.6) is 0 Å². The van der Waals surface area contributed by atoms with Crippen molar-refractivity contribution in [3.8, 4) is 0 Å². The van der Waals surface area contributed by atoms with Crippen molar-refractivity contribution in [2.45, 2.75) is 0 Å². The van der Waals surface area contributed by atoms with Crippen LogP contribution in [0.1, 0.15) is 0 Å². The molecule has 3 N–H and O–H groups in total. The van der Waals surface area contributed by atoms with Crippen LogP contribution in [0.4, 0.5) is 0 Å². The molecule has 0 amide bonds. The van der Waals surface area contributed by atoms with Crippen molar-refractivity contribution in [1.29, 1.82) is 0 Å². The van der Waals surface area contributed by atoms with Gasteiger partial charge >= 0.3 is 77.7 Å². The van der Waals surface area contributed by atoms with E-state index >= 15 is 0 Å². The summed E-state index contributed by atoms with van der Waals surface area (Å²) >= 11 is 0. The maximum atomic E-state index is 9.44. The van der Waals surface area contributed by atoms with Gasteiger partial charge in [0.25, 0.3) is 7.82 Å². The van der Waals surface area contributed by atoms with Gasteiger partial charge in [0.1, 0.15) is 0 Å². The summed E-state index contributed by atoms with van der Waals surface area (Å²) in [5, 5.41) is 0. The summed E-state index contributed by atoms with van der Waals surface area (Å²) in [4.78, 5) is 35.7. The van der Waals surface area contributed by atoms with Crippen LogP contribution in [-0.4, -0.2) is 60.2 Å². The zero-order chi connectivity index (χ0) is 12.2. The molecule has 0 aromatic rings. The largest absolute Gasteiger partial charge is 2.00 e. The third kappa shape index (κ3) is 55.1. The smallest absolute Gasteiger partial charge is 0.790 e. The van der Waals surface area contributed by atoms with Crippen LogP contribution in [0.15, 0.2) is 0 Å². The van der Waals surface area contributed by atoms with E-state index in [4.69, 9.17) is 22.4 Å². The van der Waals surface area contributed by atoms with E-state index < -0.39 is 26.0 Å². The van der Waals surface area contributed by atoms with Gasteiger partial charge in [-0.15, -0.1) is 0 Å². The molecule has 0 aliphatic rings. The first-order valence-electron chi connectivity index (χ1n) is 2.18. The first-order chi connectivity index (χ1) is 5.71. The second-order valence-electron chi connectivity index (χ2n) is 1.45. The van der Waals surface area contributed by atoms with E-state index in [0.29, 0.717) is 0 Å². The van der Waals surface area contributed by atoms with Gasteiger partial charge in [0.2, 0.25) is 0 Å². The fourth-order valence-electron chi connectivity index (χ4n) is 0.126. The summed E-state index contributed by atoms with van der Waals surface area (Å²) in [6.45, 7) is 0. The summed E-state index contributed by atoms with van der Waals surface area (Å²) in [5.74, 6) is 0. The van der Waals surface area contributed by atoms with Gasteiger partial charge < -0.3 is 24.1 Å². The van der Waals surface area contributed by atoms with Crippen molar-refractivity contribution < 1.29 is 80.1 Å². The molecule has 0 saturated heterocycles. The molecule has 0 aliphatic carbocycles. The van der Waals surface area contributed by atoms with E-state index in [9.17, 15) is 23.8 Å². The molecule has 0 aromatic heterocycles. The van der Waals surface area contributed by atoms with Crippen LogP contribution in [0.25, 0.3) is 0 Å². The molecule has 1 atom stereocenters. The molecule has 11 nitrogen and oxygen atoms in total. The molecule has 16 heavy (non-hydrogen) atoms. The van der Waals surface area contributed by atoms with Crippen LogP contribution in [-0.2, 0) is 23.8 Å². The standard InChI is InChI=1S/Ca.Na.H4O7P2.H2O4S/c;;1-8(2,3)7-9(4,5)6;1-5(2,3)4/h;;(H2,1,2,3)(H2,4,5,6);(H2,1,2,3,4)/q+2;+1;;/p-3. The van der Waals surface area contributed by atoms with E-state index in [1.165, 1.54) is 0 Å². The molecule has 1 unspecified atom stereocenters. The predicted octanol–water partition coefficient (Wildman–Crippen LogP) is -6.74. The summed E-state index contributed by atoms with van der Waals surface area (Å²) in [5.41, 5.74) is 0. The van der Waals surface area contributed by atoms with Crippen molar-refractivity contribution in [2.75, 3.05) is 0 Å². The molecule has 0 bridgehead atoms. The molecule has 0 fully saturated rings. The van der Waals surface area contributed by atoms with Crippen LogP contribution in [0, 0.1) is 0 Å². The summed E-state index contributed by atoms with van der Waals surface area (Å²) in [6, 6.07) is 0. The third-order valence-electron chi connectivity index (χ3n) is 0.203. The maximum Gasteiger partial charge on any atom is 2.00 e. The molecule has 0 radical (unpaired) electrons. The predicted molar refractivity (Wildman–Crippen MR) is 38.4 cm³/mol. The van der Waals surface area contributed by atoms with Gasteiger partial charge in [-0.1, -0.05) is 0 Å². The molecule has 0 rings (SSSR count). The fraction of sp³-hybridized carbons (Fsp3) is 0. The number of hydrogen-bond donors (Lipinski definition) is 3. The Kier molecular flexibility index (Phi) is 17.1. The second-order valence-corrected chi connectivity index (χ2v) is 4.83. The molecule has 0 aliphatic heterocycles. The van der Waals surface area contributed by atoms with Gasteiger partial charge in [0.05, 0.1) is 7.82 Å². The summed E-state index contributed by atoms with van der Waals surface area (Å²) in [7, 11) is -15.7. The second kappa shape index (κ2) is 10.2. The van der Waals surface area contributed by atoms with E-state index in [-0.39, 0.29) is 67.3 Å². The Morgan fingerprint density at radius 2 is 1.25 bits per heavy atom. The summed E-state index contributed by atoms with van der Waals surface area (Å²) < 4.78 is 53.0. The Hall–Kier alpha value is 2.39. The van der Waals surface area contributed by atoms with Gasteiger partial charge in [-0.25, -0.2) is 0 Å². The molecule has 88 valence electrons. The summed E-state index contributed by atoms with van der Waals surface area (Å²) in [6.07, 6.45) is 0. The number of hydrogen-bond acceptors (Lipinski definition) is 8. The van der Waals surface area contributed by atoms with Gasteiger partial charge in [-0.2, -0.15) is 8.42 Å². The molecule has 0 saturated carbocycles. The van der Waals surface area contributed by atoms with Gasteiger partial charge in [0, 0.05) is 0 Å². The van der Waals surface area contributed by atoms with Crippen LogP contribution in [0.3, 0.4) is 0 Å². The molecular weight excluding hydrogens is 333 g/mol. The fourth-order valence-corrected chi connectivity index (χ4v) is 1.14. The van der Waals surface area contributed by atoms with Crippen molar-refractivity contribution in [2.24, 2.45) is 0 Å². The first kappa shape index (κ1) is 26.9. The Labute approximate surface area is 142 Å². The average molecular weight is 336 g/mol. The Bertz CT molecular complexity index is 318. The molecule has 0 spiro atoms. The van der Waals surface area contributed by atoms with Crippen molar-refractivity contribution in [3.63, 3.8) is 0 Å². The average Bonchev–Trinajstić information content (AvgIpc) is 1.42. The molecular formula is H3CaNaO11P2S. The molecule has 0 aromatic carbocycles. The zero-order valence-corrected chi connectivity index (χ0v) is 14.4. The van der Waals surface area contributed by atoms with Crippen LogP contribution in [0.2, 0.25) is 0 Å². The number of rotatable bonds is 2. The van der Waals surface area contributed by atoms with E-state index in [0.717, 1.165) is 0 Å². The van der Waals surface area contributed by atoms with Crippen molar-refractivity contribution in [3.05, 3.63) is 0 Å².